The molecule has 5 nitrogen and oxygen atoms in total. The molecule has 24 heavy (non-hydrogen) atoms. The lowest BCUT2D eigenvalue weighted by atomic mass is 10.0. The van der Waals surface area contributed by atoms with E-state index in [0.29, 0.717) is 23.6 Å². The molecule has 3 aromatic rings. The molecular weight excluding hydrogens is 304 g/mol. The highest BCUT2D eigenvalue weighted by Gasteiger charge is 2.25. The van der Waals surface area contributed by atoms with Gasteiger partial charge in [0, 0.05) is 28.7 Å². The first-order valence-electron chi connectivity index (χ1n) is 8.07. The lowest BCUT2D eigenvalue weighted by Crippen LogP contribution is -2.35. The van der Waals surface area contributed by atoms with Crippen molar-refractivity contribution in [2.45, 2.75) is 13.0 Å². The van der Waals surface area contributed by atoms with Crippen LogP contribution in [0, 0.1) is 0 Å². The van der Waals surface area contributed by atoms with Crippen LogP contribution in [0.3, 0.4) is 0 Å². The zero-order chi connectivity index (χ0) is 16.1. The third-order valence-corrected chi connectivity index (χ3v) is 4.79. The summed E-state index contributed by atoms with van der Waals surface area (Å²) in [5, 5.41) is 1.27. The number of carbonyl (C=O) groups is 1. The molecule has 2 aromatic carbocycles. The van der Waals surface area contributed by atoms with Crippen LogP contribution >= 0.6 is 0 Å². The molecule has 0 aliphatic carbocycles. The Labute approximate surface area is 138 Å². The number of hydrogen-bond donors (Lipinski definition) is 1. The molecule has 0 atom stereocenters. The van der Waals surface area contributed by atoms with Gasteiger partial charge in [-0.25, -0.2) is 0 Å². The summed E-state index contributed by atoms with van der Waals surface area (Å²) in [5.74, 6) is 1.37. The van der Waals surface area contributed by atoms with E-state index in [1.165, 1.54) is 10.9 Å². The summed E-state index contributed by atoms with van der Waals surface area (Å²) in [5.41, 5.74) is 4.25. The SMILES string of the molecule is O=C(c1ccc2c(c1)OCO2)N1CCc2c([nH]c3ccccc23)C1. The Balaban J connectivity index is 1.45. The summed E-state index contributed by atoms with van der Waals surface area (Å²) in [6.45, 7) is 1.55. The maximum atomic E-state index is 12.8. The van der Waals surface area contributed by atoms with Crippen LogP contribution in [0.1, 0.15) is 21.6 Å². The Morgan fingerprint density at radius 2 is 1.96 bits per heavy atom. The number of benzene rings is 2. The Hall–Kier alpha value is -2.95. The largest absolute Gasteiger partial charge is 0.454 e. The molecule has 3 heterocycles. The number of aromatic amines is 1. The second-order valence-corrected chi connectivity index (χ2v) is 6.17. The van der Waals surface area contributed by atoms with Crippen LogP contribution in [-0.4, -0.2) is 29.1 Å². The molecule has 120 valence electrons. The quantitative estimate of drug-likeness (QED) is 0.749. The second-order valence-electron chi connectivity index (χ2n) is 6.17. The normalized spacial score (nSPS) is 15.6. The molecule has 0 saturated heterocycles. The Morgan fingerprint density at radius 1 is 1.08 bits per heavy atom. The number of aromatic nitrogens is 1. The van der Waals surface area contributed by atoms with Gasteiger partial charge in [-0.1, -0.05) is 18.2 Å². The van der Waals surface area contributed by atoms with E-state index in [-0.39, 0.29) is 12.7 Å². The number of hydrogen-bond acceptors (Lipinski definition) is 3. The number of para-hydroxylation sites is 1. The zero-order valence-electron chi connectivity index (χ0n) is 13.0. The molecule has 0 spiro atoms. The molecule has 0 saturated carbocycles. The fourth-order valence-electron chi connectivity index (χ4n) is 3.58. The highest BCUT2D eigenvalue weighted by molar-refractivity contribution is 5.95. The minimum atomic E-state index is 0.0256. The van der Waals surface area contributed by atoms with E-state index in [1.807, 2.05) is 11.0 Å². The topological polar surface area (TPSA) is 54.6 Å². The number of amides is 1. The molecule has 2 aliphatic heterocycles. The van der Waals surface area contributed by atoms with E-state index in [9.17, 15) is 4.79 Å². The Bertz CT molecular complexity index is 960. The fourth-order valence-corrected chi connectivity index (χ4v) is 3.58. The molecule has 0 fully saturated rings. The van der Waals surface area contributed by atoms with Gasteiger partial charge in [0.15, 0.2) is 11.5 Å². The minimum absolute atomic E-state index is 0.0256. The molecule has 0 radical (unpaired) electrons. The molecule has 1 amide bonds. The van der Waals surface area contributed by atoms with E-state index in [4.69, 9.17) is 9.47 Å². The predicted molar refractivity (Wildman–Crippen MR) is 89.3 cm³/mol. The van der Waals surface area contributed by atoms with Gasteiger partial charge in [-0.05, 0) is 36.2 Å². The monoisotopic (exact) mass is 320 g/mol. The van der Waals surface area contributed by atoms with Gasteiger partial charge >= 0.3 is 0 Å². The van der Waals surface area contributed by atoms with Crippen LogP contribution in [0.5, 0.6) is 11.5 Å². The summed E-state index contributed by atoms with van der Waals surface area (Å²) in [6, 6.07) is 13.7. The third-order valence-electron chi connectivity index (χ3n) is 4.79. The van der Waals surface area contributed by atoms with Crippen molar-refractivity contribution in [1.82, 2.24) is 9.88 Å². The van der Waals surface area contributed by atoms with E-state index >= 15 is 0 Å². The van der Waals surface area contributed by atoms with E-state index in [1.54, 1.807) is 18.2 Å². The van der Waals surface area contributed by atoms with Crippen molar-refractivity contribution >= 4 is 16.8 Å². The number of fused-ring (bicyclic) bond motifs is 4. The van der Waals surface area contributed by atoms with E-state index in [0.717, 1.165) is 24.2 Å². The zero-order valence-corrected chi connectivity index (χ0v) is 13.0. The van der Waals surface area contributed by atoms with Gasteiger partial charge in [-0.3, -0.25) is 4.79 Å². The molecule has 5 rings (SSSR count). The standard InChI is InChI=1S/C19H16N2O3/c22-19(12-5-6-17-18(9-12)24-11-23-17)21-8-7-14-13-3-1-2-4-15(13)20-16(14)10-21/h1-6,9,20H,7-8,10-11H2. The summed E-state index contributed by atoms with van der Waals surface area (Å²) < 4.78 is 10.7. The molecular formula is C19H16N2O3. The van der Waals surface area contributed by atoms with Gasteiger partial charge < -0.3 is 19.4 Å². The number of nitrogens with one attached hydrogen (secondary N) is 1. The van der Waals surface area contributed by atoms with Crippen LogP contribution < -0.4 is 9.47 Å². The Morgan fingerprint density at radius 3 is 2.92 bits per heavy atom. The van der Waals surface area contributed by atoms with Crippen molar-refractivity contribution in [2.24, 2.45) is 0 Å². The van der Waals surface area contributed by atoms with Gasteiger partial charge in [-0.2, -0.15) is 0 Å². The summed E-state index contributed by atoms with van der Waals surface area (Å²) in [7, 11) is 0. The maximum absolute atomic E-state index is 12.8. The molecule has 5 heteroatoms. The number of ether oxygens (including phenoxy) is 2. The maximum Gasteiger partial charge on any atom is 0.254 e. The number of nitrogens with zero attached hydrogens (tertiary/aromatic N) is 1. The first kappa shape index (κ1) is 13.5. The molecule has 1 aromatic heterocycles. The first-order valence-corrected chi connectivity index (χ1v) is 8.07. The van der Waals surface area contributed by atoms with E-state index < -0.39 is 0 Å². The van der Waals surface area contributed by atoms with Crippen LogP contribution in [0.4, 0.5) is 0 Å². The average molecular weight is 320 g/mol. The van der Waals surface area contributed by atoms with Crippen LogP contribution in [0.25, 0.3) is 10.9 Å². The van der Waals surface area contributed by atoms with Crippen LogP contribution in [0.2, 0.25) is 0 Å². The first-order chi connectivity index (χ1) is 11.8. The van der Waals surface area contributed by atoms with Crippen molar-refractivity contribution in [3.05, 3.63) is 59.3 Å². The molecule has 1 N–H and O–H groups in total. The number of rotatable bonds is 1. The molecule has 0 bridgehead atoms. The van der Waals surface area contributed by atoms with Crippen molar-refractivity contribution in [2.75, 3.05) is 13.3 Å². The van der Waals surface area contributed by atoms with Gasteiger partial charge in [0.05, 0.1) is 6.54 Å². The Kier molecular flexibility index (Phi) is 2.82. The summed E-state index contributed by atoms with van der Waals surface area (Å²) in [4.78, 5) is 18.2. The second kappa shape index (κ2) is 5.03. The lowest BCUT2D eigenvalue weighted by Gasteiger charge is -2.27. The minimum Gasteiger partial charge on any atom is -0.454 e. The van der Waals surface area contributed by atoms with Crippen molar-refractivity contribution in [3.63, 3.8) is 0 Å². The van der Waals surface area contributed by atoms with Crippen molar-refractivity contribution in [1.29, 1.82) is 0 Å². The van der Waals surface area contributed by atoms with Crippen molar-refractivity contribution in [3.8, 4) is 11.5 Å². The van der Waals surface area contributed by atoms with Gasteiger partial charge in [0.1, 0.15) is 0 Å². The smallest absolute Gasteiger partial charge is 0.254 e. The van der Waals surface area contributed by atoms with Gasteiger partial charge in [0.25, 0.3) is 5.91 Å². The third kappa shape index (κ3) is 1.98. The average Bonchev–Trinajstić information content (AvgIpc) is 3.23. The number of H-pyrrole nitrogens is 1. The highest BCUT2D eigenvalue weighted by Crippen LogP contribution is 2.33. The fraction of sp³-hybridized carbons (Fsp3) is 0.211. The van der Waals surface area contributed by atoms with E-state index in [2.05, 4.69) is 23.2 Å². The molecule has 0 unspecified atom stereocenters. The van der Waals surface area contributed by atoms with Gasteiger partial charge in [0.2, 0.25) is 6.79 Å². The lowest BCUT2D eigenvalue weighted by molar-refractivity contribution is 0.0732. The highest BCUT2D eigenvalue weighted by atomic mass is 16.7. The summed E-state index contributed by atoms with van der Waals surface area (Å²) >= 11 is 0. The van der Waals surface area contributed by atoms with Crippen LogP contribution in [0.15, 0.2) is 42.5 Å². The number of carbonyl (C=O) groups excluding carboxylic acids is 1. The van der Waals surface area contributed by atoms with Crippen molar-refractivity contribution < 1.29 is 14.3 Å². The predicted octanol–water partition coefficient (Wildman–Crippen LogP) is 3.10. The summed E-state index contributed by atoms with van der Waals surface area (Å²) in [6.07, 6.45) is 0.871. The van der Waals surface area contributed by atoms with Crippen LogP contribution in [-0.2, 0) is 13.0 Å². The molecule has 2 aliphatic rings. The van der Waals surface area contributed by atoms with Gasteiger partial charge in [-0.15, -0.1) is 0 Å².